The monoisotopic (exact) mass is 607 g/mol. The predicted molar refractivity (Wildman–Crippen MR) is 173 cm³/mol. The van der Waals surface area contributed by atoms with Crippen LogP contribution in [0.3, 0.4) is 0 Å². The second-order valence-electron chi connectivity index (χ2n) is 10.9. The molecule has 0 aliphatic carbocycles. The zero-order valence-electron chi connectivity index (χ0n) is 26.9. The van der Waals surface area contributed by atoms with Gasteiger partial charge >= 0.3 is 0 Å². The number of hydrogen-bond acceptors (Lipinski definition) is 7. The van der Waals surface area contributed by atoms with Crippen LogP contribution in [0.2, 0.25) is 0 Å². The number of allylic oxidation sites excluding steroid dienone is 2. The Morgan fingerprint density at radius 3 is 2.21 bits per heavy atom. The number of rotatable bonds is 12. The number of hydrogen-bond donors (Lipinski definition) is 4. The summed E-state index contributed by atoms with van der Waals surface area (Å²) in [6.45, 7) is 17.8. The van der Waals surface area contributed by atoms with Gasteiger partial charge in [0.25, 0.3) is 5.91 Å². The average Bonchev–Trinajstić information content (AvgIpc) is 3.29. The van der Waals surface area contributed by atoms with Gasteiger partial charge in [0.2, 0.25) is 14.9 Å². The highest BCUT2D eigenvalue weighted by Gasteiger charge is 2.28. The van der Waals surface area contributed by atoms with Gasteiger partial charge in [0.05, 0.1) is 18.8 Å². The Morgan fingerprint density at radius 1 is 1.14 bits per heavy atom. The smallest absolute Gasteiger partial charge is 0.275 e. The second-order valence-corrected chi connectivity index (χ2v) is 11.3. The Morgan fingerprint density at radius 2 is 1.79 bits per heavy atom. The molecule has 1 aromatic rings. The standard InChI is InChI=1S/C19H33N3O2.C7H14O2.C6H7O2P/c1-8-10-11-16(21-18(23)14(5)6)22-19(24)17(13(3)4)20-12-15(7)9-2;1-5-3-6(2)9-7(5)4-8;7-9-8-6-4-2-1-3-5-6/h11-12,14-15H,8-10H2,1-7H3,(H,21,23)(H,22,24);5-8H,3-4H2,1-2H3;1-5,7,9H/b16-11+,20-12?;;. The van der Waals surface area contributed by atoms with Gasteiger partial charge in [0, 0.05) is 12.1 Å². The van der Waals surface area contributed by atoms with E-state index in [0.29, 0.717) is 35.2 Å². The lowest BCUT2D eigenvalue weighted by molar-refractivity contribution is -0.123. The Hall–Kier alpha value is -2.58. The van der Waals surface area contributed by atoms with E-state index in [2.05, 4.69) is 36.4 Å². The largest absolute Gasteiger partial charge is 0.450 e. The summed E-state index contributed by atoms with van der Waals surface area (Å²) in [4.78, 5) is 37.1. The summed E-state index contributed by atoms with van der Waals surface area (Å²) in [6, 6.07) is 9.20. The highest BCUT2D eigenvalue weighted by atomic mass is 31.1. The summed E-state index contributed by atoms with van der Waals surface area (Å²) >= 11 is 0. The van der Waals surface area contributed by atoms with Crippen molar-refractivity contribution in [2.45, 2.75) is 100 Å². The van der Waals surface area contributed by atoms with Gasteiger partial charge in [0.15, 0.2) is 0 Å². The first-order valence-corrected chi connectivity index (χ1v) is 15.7. The number of para-hydroxylation sites is 1. The van der Waals surface area contributed by atoms with Crippen LogP contribution in [0.25, 0.3) is 0 Å². The zero-order chi connectivity index (χ0) is 32.1. The van der Waals surface area contributed by atoms with E-state index in [9.17, 15) is 9.59 Å². The summed E-state index contributed by atoms with van der Waals surface area (Å²) in [7, 11) is -0.465. The fraction of sp³-hybridized carbons (Fsp3) is 0.594. The van der Waals surface area contributed by atoms with Crippen LogP contribution in [0.15, 0.2) is 58.5 Å². The minimum atomic E-state index is -0.465. The van der Waals surface area contributed by atoms with Crippen molar-refractivity contribution in [2.75, 3.05) is 6.61 Å². The maximum Gasteiger partial charge on any atom is 0.275 e. The van der Waals surface area contributed by atoms with Crippen LogP contribution in [-0.2, 0) is 14.3 Å². The molecule has 0 radical (unpaired) electrons. The molecular weight excluding hydrogens is 553 g/mol. The van der Waals surface area contributed by atoms with Gasteiger partial charge in [-0.05, 0) is 75.7 Å². The molecule has 0 saturated carbocycles. The number of nitrogens with zero attached hydrogens (tertiary/aromatic N) is 1. The number of amides is 2. The van der Waals surface area contributed by atoms with Gasteiger partial charge in [-0.25, -0.2) is 0 Å². The van der Waals surface area contributed by atoms with Gasteiger partial charge in [0.1, 0.15) is 17.3 Å². The summed E-state index contributed by atoms with van der Waals surface area (Å²) < 4.78 is 10.2. The number of unbranched alkanes of at least 4 members (excludes halogenated alkanes) is 1. The molecule has 9 nitrogen and oxygen atoms in total. The highest BCUT2D eigenvalue weighted by molar-refractivity contribution is 7.25. The van der Waals surface area contributed by atoms with Crippen LogP contribution in [0.1, 0.15) is 88.0 Å². The average molecular weight is 608 g/mol. The van der Waals surface area contributed by atoms with Crippen LogP contribution in [0.4, 0.5) is 0 Å². The number of carbonyl (C=O) groups is 2. The van der Waals surface area contributed by atoms with E-state index in [1.54, 1.807) is 18.3 Å². The summed E-state index contributed by atoms with van der Waals surface area (Å²) in [6.07, 6.45) is 7.83. The molecule has 0 spiro atoms. The van der Waals surface area contributed by atoms with E-state index in [4.69, 9.17) is 19.3 Å². The van der Waals surface area contributed by atoms with Crippen molar-refractivity contribution < 1.29 is 28.8 Å². The number of aliphatic imine (C=N–C) groups is 1. The van der Waals surface area contributed by atoms with Crippen molar-refractivity contribution >= 4 is 27.1 Å². The van der Waals surface area contributed by atoms with E-state index in [1.807, 2.05) is 65.8 Å². The normalized spacial score (nSPS) is 19.0. The van der Waals surface area contributed by atoms with Crippen LogP contribution in [-0.4, -0.2) is 46.8 Å². The molecule has 238 valence electrons. The first-order chi connectivity index (χ1) is 19.9. The third-order valence-corrected chi connectivity index (χ3v) is 6.62. The fourth-order valence-corrected chi connectivity index (χ4v) is 3.77. The molecule has 4 N–H and O–H groups in total. The van der Waals surface area contributed by atoms with Gasteiger partial charge in [-0.1, -0.05) is 66.2 Å². The third kappa shape index (κ3) is 17.4. The van der Waals surface area contributed by atoms with E-state index in [1.165, 1.54) is 0 Å². The number of aliphatic hydroxyl groups is 1. The molecule has 2 rings (SSSR count). The third-order valence-electron chi connectivity index (χ3n) is 6.29. The topological polar surface area (TPSA) is 129 Å². The number of benzene rings is 1. The van der Waals surface area contributed by atoms with E-state index < -0.39 is 9.03 Å². The molecule has 1 heterocycles. The molecule has 42 heavy (non-hydrogen) atoms. The van der Waals surface area contributed by atoms with E-state index >= 15 is 0 Å². The van der Waals surface area contributed by atoms with E-state index in [-0.39, 0.29) is 30.4 Å². The Balaban J connectivity index is 0.000000748. The Kier molecular flexibility index (Phi) is 21.5. The molecule has 0 bridgehead atoms. The Labute approximate surface area is 255 Å². The maximum absolute atomic E-state index is 12.5. The summed E-state index contributed by atoms with van der Waals surface area (Å²) in [5.41, 5.74) is 1.22. The second kappa shape index (κ2) is 22.9. The summed E-state index contributed by atoms with van der Waals surface area (Å²) in [5, 5.41) is 14.3. The van der Waals surface area contributed by atoms with Crippen LogP contribution in [0, 0.1) is 17.8 Å². The molecule has 0 aromatic heterocycles. The lowest BCUT2D eigenvalue weighted by Crippen LogP contribution is -2.37. The molecule has 5 unspecified atom stereocenters. The van der Waals surface area contributed by atoms with Crippen molar-refractivity contribution in [2.24, 2.45) is 22.7 Å². The van der Waals surface area contributed by atoms with Gasteiger partial charge in [-0.2, -0.15) is 0 Å². The molecule has 1 aliphatic heterocycles. The SMILES string of the molecule is CC1CC(C)C(CO)O1.CCC/C=C(/NC(=O)C(N=CC(C)CC)=C(C)C)NC(=O)C(C)C.OPOc1ccccc1. The Bertz CT molecular complexity index is 993. The number of nitrogens with one attached hydrogen (secondary N) is 2. The number of carbonyl (C=O) groups excluding carboxylic acids is 2. The van der Waals surface area contributed by atoms with Crippen molar-refractivity contribution in [3.05, 3.63) is 53.5 Å². The van der Waals surface area contributed by atoms with Gasteiger partial charge in [-0.15, -0.1) is 0 Å². The fourth-order valence-electron chi connectivity index (χ4n) is 3.53. The molecule has 5 atom stereocenters. The molecule has 1 saturated heterocycles. The molecule has 1 fully saturated rings. The quantitative estimate of drug-likeness (QED) is 0.126. The minimum Gasteiger partial charge on any atom is -0.450 e. The molecule has 10 heteroatoms. The van der Waals surface area contributed by atoms with Gasteiger partial charge < -0.3 is 29.9 Å². The molecule has 1 aliphatic rings. The number of aliphatic hydroxyl groups excluding tert-OH is 1. The summed E-state index contributed by atoms with van der Waals surface area (Å²) in [5.74, 6) is 1.39. The van der Waals surface area contributed by atoms with Crippen molar-refractivity contribution in [3.63, 3.8) is 0 Å². The van der Waals surface area contributed by atoms with Crippen LogP contribution < -0.4 is 15.2 Å². The van der Waals surface area contributed by atoms with Crippen molar-refractivity contribution in [3.8, 4) is 5.75 Å². The predicted octanol–water partition coefficient (Wildman–Crippen LogP) is 6.29. The number of ether oxygens (including phenoxy) is 1. The zero-order valence-corrected chi connectivity index (χ0v) is 27.9. The highest BCUT2D eigenvalue weighted by Crippen LogP contribution is 2.24. The maximum atomic E-state index is 12.5. The first kappa shape index (κ1) is 39.4. The van der Waals surface area contributed by atoms with Crippen molar-refractivity contribution in [1.29, 1.82) is 0 Å². The molecule has 2 amide bonds. The van der Waals surface area contributed by atoms with Crippen LogP contribution in [0.5, 0.6) is 5.75 Å². The van der Waals surface area contributed by atoms with E-state index in [0.717, 1.165) is 31.3 Å². The molecule has 1 aromatic carbocycles. The lowest BCUT2D eigenvalue weighted by atomic mass is 10.0. The lowest BCUT2D eigenvalue weighted by Gasteiger charge is -2.14. The van der Waals surface area contributed by atoms with Gasteiger partial charge in [-0.3, -0.25) is 14.6 Å². The first-order valence-electron chi connectivity index (χ1n) is 14.8. The molecular formula is C32H54N3O6P. The van der Waals surface area contributed by atoms with Crippen LogP contribution >= 0.6 is 9.03 Å². The minimum absolute atomic E-state index is 0.0972. The van der Waals surface area contributed by atoms with Crippen molar-refractivity contribution in [1.82, 2.24) is 10.6 Å².